The number of thiazole rings is 1. The predicted octanol–water partition coefficient (Wildman–Crippen LogP) is 3.36. The minimum atomic E-state index is 0.668. The van der Waals surface area contributed by atoms with Crippen LogP contribution in [-0.2, 0) is 0 Å². The summed E-state index contributed by atoms with van der Waals surface area (Å²) in [5.74, 6) is 0.668. The van der Waals surface area contributed by atoms with Gasteiger partial charge in [0.1, 0.15) is 0 Å². The monoisotopic (exact) mass is 206 g/mol. The summed E-state index contributed by atoms with van der Waals surface area (Å²) < 4.78 is 1.25. The number of benzene rings is 1. The van der Waals surface area contributed by atoms with Crippen molar-refractivity contribution in [3.8, 4) is 0 Å². The minimum absolute atomic E-state index is 0.668. The number of nitrogens with one attached hydrogen (secondary N) is 1. The second-order valence-electron chi connectivity index (χ2n) is 3.81. The summed E-state index contributed by atoms with van der Waals surface area (Å²) in [7, 11) is 0. The molecule has 0 unspecified atom stereocenters. The van der Waals surface area contributed by atoms with Gasteiger partial charge in [-0.15, -0.1) is 11.3 Å². The van der Waals surface area contributed by atoms with Gasteiger partial charge < -0.3 is 5.32 Å². The van der Waals surface area contributed by atoms with Gasteiger partial charge in [0.15, 0.2) is 0 Å². The number of nitrogens with zero attached hydrogens (tertiary/aromatic N) is 1. The summed E-state index contributed by atoms with van der Waals surface area (Å²) in [6.45, 7) is 5.42. The molecule has 1 aromatic carbocycles. The van der Waals surface area contributed by atoms with Gasteiger partial charge in [-0.05, 0) is 24.1 Å². The number of fused-ring (bicyclic) bond motifs is 1. The lowest BCUT2D eigenvalue weighted by Gasteiger charge is -2.08. The van der Waals surface area contributed by atoms with Crippen molar-refractivity contribution in [2.45, 2.75) is 13.8 Å². The molecule has 0 aliphatic rings. The van der Waals surface area contributed by atoms with Crippen LogP contribution in [0.3, 0.4) is 0 Å². The Bertz CT molecular complexity index is 420. The first-order chi connectivity index (χ1) is 6.75. The zero-order chi connectivity index (χ0) is 9.97. The fraction of sp³-hybridized carbons (Fsp3) is 0.364. The summed E-state index contributed by atoms with van der Waals surface area (Å²) in [4.78, 5) is 4.28. The summed E-state index contributed by atoms with van der Waals surface area (Å²) in [5, 5.41) is 3.39. The quantitative estimate of drug-likeness (QED) is 0.833. The molecule has 0 saturated heterocycles. The van der Waals surface area contributed by atoms with Crippen molar-refractivity contribution >= 4 is 27.2 Å². The first kappa shape index (κ1) is 9.46. The molecule has 0 bridgehead atoms. The second-order valence-corrected chi connectivity index (χ2v) is 4.70. The van der Waals surface area contributed by atoms with Crippen LogP contribution in [0.1, 0.15) is 13.8 Å². The molecule has 0 spiro atoms. The topological polar surface area (TPSA) is 24.9 Å². The van der Waals surface area contributed by atoms with Crippen LogP contribution in [0.25, 0.3) is 10.2 Å². The lowest BCUT2D eigenvalue weighted by Crippen LogP contribution is -2.07. The molecule has 0 saturated carbocycles. The van der Waals surface area contributed by atoms with E-state index in [1.807, 2.05) is 5.51 Å². The molecule has 0 amide bonds. The van der Waals surface area contributed by atoms with Gasteiger partial charge in [-0.1, -0.05) is 13.8 Å². The molecule has 1 N–H and O–H groups in total. The van der Waals surface area contributed by atoms with Crippen molar-refractivity contribution in [3.63, 3.8) is 0 Å². The predicted molar refractivity (Wildman–Crippen MR) is 62.9 cm³/mol. The smallest absolute Gasteiger partial charge is 0.0832 e. The lowest BCUT2D eigenvalue weighted by atomic mass is 10.2. The van der Waals surface area contributed by atoms with Crippen LogP contribution in [0.4, 0.5) is 5.69 Å². The van der Waals surface area contributed by atoms with Crippen LogP contribution in [0.15, 0.2) is 23.7 Å². The summed E-state index contributed by atoms with van der Waals surface area (Å²) in [6, 6.07) is 6.34. The SMILES string of the molecule is CC(C)CNc1ccc2scnc2c1. The zero-order valence-corrected chi connectivity index (χ0v) is 9.27. The molecular weight excluding hydrogens is 192 g/mol. The van der Waals surface area contributed by atoms with E-state index in [1.54, 1.807) is 11.3 Å². The van der Waals surface area contributed by atoms with E-state index in [0.717, 1.165) is 17.7 Å². The van der Waals surface area contributed by atoms with Crippen LogP contribution >= 0.6 is 11.3 Å². The molecule has 0 atom stereocenters. The highest BCUT2D eigenvalue weighted by atomic mass is 32.1. The molecule has 74 valence electrons. The molecule has 2 aromatic rings. The molecule has 3 heteroatoms. The third-order valence-electron chi connectivity index (χ3n) is 2.04. The Balaban J connectivity index is 2.17. The number of hydrogen-bond acceptors (Lipinski definition) is 3. The van der Waals surface area contributed by atoms with E-state index in [9.17, 15) is 0 Å². The van der Waals surface area contributed by atoms with Crippen LogP contribution < -0.4 is 5.32 Å². The number of hydrogen-bond donors (Lipinski definition) is 1. The molecule has 0 aliphatic heterocycles. The van der Waals surface area contributed by atoms with E-state index in [4.69, 9.17) is 0 Å². The average Bonchev–Trinajstić information content (AvgIpc) is 2.61. The van der Waals surface area contributed by atoms with Crippen LogP contribution in [0.5, 0.6) is 0 Å². The van der Waals surface area contributed by atoms with Gasteiger partial charge in [0.25, 0.3) is 0 Å². The highest BCUT2D eigenvalue weighted by Crippen LogP contribution is 2.21. The average molecular weight is 206 g/mol. The maximum atomic E-state index is 4.28. The highest BCUT2D eigenvalue weighted by Gasteiger charge is 1.99. The van der Waals surface area contributed by atoms with Gasteiger partial charge in [-0.3, -0.25) is 0 Å². The van der Waals surface area contributed by atoms with Gasteiger partial charge >= 0.3 is 0 Å². The molecule has 14 heavy (non-hydrogen) atoms. The maximum Gasteiger partial charge on any atom is 0.0832 e. The molecule has 2 nitrogen and oxygen atoms in total. The fourth-order valence-electron chi connectivity index (χ4n) is 1.29. The molecule has 1 heterocycles. The van der Waals surface area contributed by atoms with E-state index >= 15 is 0 Å². The van der Waals surface area contributed by atoms with Crippen molar-refractivity contribution in [2.75, 3.05) is 11.9 Å². The normalized spacial score (nSPS) is 11.1. The number of anilines is 1. The van der Waals surface area contributed by atoms with E-state index < -0.39 is 0 Å². The van der Waals surface area contributed by atoms with Crippen LogP contribution in [0, 0.1) is 5.92 Å². The Hall–Kier alpha value is -1.09. The highest BCUT2D eigenvalue weighted by molar-refractivity contribution is 7.16. The standard InChI is InChI=1S/C11H14N2S/c1-8(2)6-12-9-3-4-11-10(5-9)13-7-14-11/h3-5,7-8,12H,6H2,1-2H3. The summed E-state index contributed by atoms with van der Waals surface area (Å²) >= 11 is 1.68. The molecule has 0 aliphatic carbocycles. The molecule has 2 rings (SSSR count). The van der Waals surface area contributed by atoms with Crippen molar-refractivity contribution in [2.24, 2.45) is 5.92 Å². The largest absolute Gasteiger partial charge is 0.385 e. The van der Waals surface area contributed by atoms with Crippen LogP contribution in [0.2, 0.25) is 0 Å². The van der Waals surface area contributed by atoms with Crippen molar-refractivity contribution in [1.29, 1.82) is 0 Å². The fourth-order valence-corrected chi connectivity index (χ4v) is 1.95. The van der Waals surface area contributed by atoms with E-state index in [0.29, 0.717) is 5.92 Å². The van der Waals surface area contributed by atoms with Crippen molar-refractivity contribution in [1.82, 2.24) is 4.98 Å². The van der Waals surface area contributed by atoms with Crippen molar-refractivity contribution < 1.29 is 0 Å². The van der Waals surface area contributed by atoms with Gasteiger partial charge in [0.2, 0.25) is 0 Å². The number of aromatic nitrogens is 1. The van der Waals surface area contributed by atoms with Gasteiger partial charge in [-0.2, -0.15) is 0 Å². The summed E-state index contributed by atoms with van der Waals surface area (Å²) in [6.07, 6.45) is 0. The molecule has 0 radical (unpaired) electrons. The third-order valence-corrected chi connectivity index (χ3v) is 2.85. The molecule has 0 fully saturated rings. The number of rotatable bonds is 3. The van der Waals surface area contributed by atoms with Crippen LogP contribution in [-0.4, -0.2) is 11.5 Å². The van der Waals surface area contributed by atoms with Gasteiger partial charge in [0, 0.05) is 12.2 Å². The first-order valence-corrected chi connectivity index (χ1v) is 5.71. The zero-order valence-electron chi connectivity index (χ0n) is 8.45. The van der Waals surface area contributed by atoms with Crippen molar-refractivity contribution in [3.05, 3.63) is 23.7 Å². The Labute approximate surface area is 88.0 Å². The Morgan fingerprint density at radius 2 is 2.29 bits per heavy atom. The Morgan fingerprint density at radius 3 is 3.07 bits per heavy atom. The maximum absolute atomic E-state index is 4.28. The molecular formula is C11H14N2S. The Kier molecular flexibility index (Phi) is 2.68. The Morgan fingerprint density at radius 1 is 1.43 bits per heavy atom. The van der Waals surface area contributed by atoms with Gasteiger partial charge in [0.05, 0.1) is 15.7 Å². The summed E-state index contributed by atoms with van der Waals surface area (Å²) in [5.41, 5.74) is 4.14. The first-order valence-electron chi connectivity index (χ1n) is 4.83. The van der Waals surface area contributed by atoms with Gasteiger partial charge in [-0.25, -0.2) is 4.98 Å². The lowest BCUT2D eigenvalue weighted by molar-refractivity contribution is 0.689. The van der Waals surface area contributed by atoms with E-state index in [1.165, 1.54) is 4.70 Å². The second kappa shape index (κ2) is 3.96. The third kappa shape index (κ3) is 2.04. The van der Waals surface area contributed by atoms with E-state index in [2.05, 4.69) is 42.3 Å². The molecule has 1 aromatic heterocycles. The minimum Gasteiger partial charge on any atom is -0.385 e. The van der Waals surface area contributed by atoms with E-state index in [-0.39, 0.29) is 0 Å².